The van der Waals surface area contributed by atoms with E-state index in [1.165, 1.54) is 0 Å². The molecule has 4 heteroatoms. The van der Waals surface area contributed by atoms with Gasteiger partial charge in [-0.05, 0) is 38.3 Å². The molecule has 1 N–H and O–H groups in total. The van der Waals surface area contributed by atoms with Crippen LogP contribution in [0.2, 0.25) is 0 Å². The van der Waals surface area contributed by atoms with Gasteiger partial charge >= 0.3 is 0 Å². The summed E-state index contributed by atoms with van der Waals surface area (Å²) in [7, 11) is 0. The standard InChI is InChI=1S/C14H20N2O2/c1-3-4-11-6-7-12(9-15-11)16-14(17)13-8-5-10(2)18-13/h6-7,9-10,13H,3-5,8H2,1-2H3,(H,16,17). The lowest BCUT2D eigenvalue weighted by Crippen LogP contribution is -2.27. The van der Waals surface area contributed by atoms with E-state index in [9.17, 15) is 4.79 Å². The monoisotopic (exact) mass is 248 g/mol. The summed E-state index contributed by atoms with van der Waals surface area (Å²) in [5, 5.41) is 2.85. The first-order valence-corrected chi connectivity index (χ1v) is 6.60. The maximum atomic E-state index is 11.9. The minimum Gasteiger partial charge on any atom is -0.365 e. The molecule has 0 aliphatic carbocycles. The minimum atomic E-state index is -0.310. The van der Waals surface area contributed by atoms with E-state index in [4.69, 9.17) is 4.74 Å². The number of hydrogen-bond acceptors (Lipinski definition) is 3. The number of pyridine rings is 1. The molecule has 2 rings (SSSR count). The number of anilines is 1. The number of aromatic nitrogens is 1. The zero-order valence-corrected chi connectivity index (χ0v) is 11.0. The maximum absolute atomic E-state index is 11.9. The molecule has 2 atom stereocenters. The van der Waals surface area contributed by atoms with E-state index in [-0.39, 0.29) is 18.1 Å². The van der Waals surface area contributed by atoms with Crippen LogP contribution in [0.5, 0.6) is 0 Å². The summed E-state index contributed by atoms with van der Waals surface area (Å²) < 4.78 is 5.53. The average molecular weight is 248 g/mol. The van der Waals surface area contributed by atoms with Crippen molar-refractivity contribution in [1.29, 1.82) is 0 Å². The number of rotatable bonds is 4. The molecular formula is C14H20N2O2. The van der Waals surface area contributed by atoms with Gasteiger partial charge in [0.1, 0.15) is 6.10 Å². The fraction of sp³-hybridized carbons (Fsp3) is 0.571. The van der Waals surface area contributed by atoms with Crippen LogP contribution < -0.4 is 5.32 Å². The molecule has 2 unspecified atom stereocenters. The minimum absolute atomic E-state index is 0.0654. The largest absolute Gasteiger partial charge is 0.365 e. The predicted molar refractivity (Wildman–Crippen MR) is 70.4 cm³/mol. The van der Waals surface area contributed by atoms with E-state index in [1.54, 1.807) is 6.20 Å². The van der Waals surface area contributed by atoms with Gasteiger partial charge in [0, 0.05) is 5.69 Å². The Morgan fingerprint density at radius 3 is 2.89 bits per heavy atom. The number of nitrogens with zero attached hydrogens (tertiary/aromatic N) is 1. The Balaban J connectivity index is 1.90. The summed E-state index contributed by atoms with van der Waals surface area (Å²) in [5.41, 5.74) is 1.80. The van der Waals surface area contributed by atoms with Crippen LogP contribution in [-0.2, 0) is 16.0 Å². The van der Waals surface area contributed by atoms with Crippen LogP contribution >= 0.6 is 0 Å². The van der Waals surface area contributed by atoms with Crippen LogP contribution in [-0.4, -0.2) is 23.1 Å². The molecule has 4 nitrogen and oxygen atoms in total. The van der Waals surface area contributed by atoms with Crippen molar-refractivity contribution in [3.8, 4) is 0 Å². The summed E-state index contributed by atoms with van der Waals surface area (Å²) >= 11 is 0. The molecule has 1 aromatic rings. The first-order valence-electron chi connectivity index (χ1n) is 6.60. The van der Waals surface area contributed by atoms with Gasteiger partial charge < -0.3 is 10.1 Å². The van der Waals surface area contributed by atoms with Crippen LogP contribution in [0.1, 0.15) is 38.8 Å². The van der Waals surface area contributed by atoms with Crippen molar-refractivity contribution in [2.24, 2.45) is 0 Å². The fourth-order valence-electron chi connectivity index (χ4n) is 2.12. The molecule has 0 aromatic carbocycles. The second-order valence-corrected chi connectivity index (χ2v) is 4.79. The number of carbonyl (C=O) groups is 1. The van der Waals surface area contributed by atoms with Crippen LogP contribution in [0.15, 0.2) is 18.3 Å². The summed E-state index contributed by atoms with van der Waals surface area (Å²) in [6, 6.07) is 3.85. The molecule has 1 aliphatic rings. The Kier molecular flexibility index (Phi) is 4.31. The van der Waals surface area contributed by atoms with Crippen molar-refractivity contribution >= 4 is 11.6 Å². The molecule has 1 aliphatic heterocycles. The molecule has 18 heavy (non-hydrogen) atoms. The lowest BCUT2D eigenvalue weighted by Gasteiger charge is -2.11. The van der Waals surface area contributed by atoms with E-state index in [1.807, 2.05) is 19.1 Å². The zero-order chi connectivity index (χ0) is 13.0. The number of nitrogens with one attached hydrogen (secondary N) is 1. The molecule has 0 spiro atoms. The molecule has 1 aromatic heterocycles. The van der Waals surface area contributed by atoms with Gasteiger partial charge in [-0.15, -0.1) is 0 Å². The molecular weight excluding hydrogens is 228 g/mol. The second kappa shape index (κ2) is 5.96. The van der Waals surface area contributed by atoms with Crippen molar-refractivity contribution in [1.82, 2.24) is 4.98 Å². The maximum Gasteiger partial charge on any atom is 0.253 e. The summed E-state index contributed by atoms with van der Waals surface area (Å²) in [5.74, 6) is -0.0654. The number of hydrogen-bond donors (Lipinski definition) is 1. The number of ether oxygens (including phenoxy) is 1. The molecule has 2 heterocycles. The lowest BCUT2D eigenvalue weighted by atomic mass is 10.2. The molecule has 1 fully saturated rings. The molecule has 0 radical (unpaired) electrons. The molecule has 0 bridgehead atoms. The van der Waals surface area contributed by atoms with E-state index >= 15 is 0 Å². The highest BCUT2D eigenvalue weighted by molar-refractivity contribution is 5.94. The molecule has 1 saturated heterocycles. The van der Waals surface area contributed by atoms with Crippen LogP contribution in [0.3, 0.4) is 0 Å². The third kappa shape index (κ3) is 3.29. The fourth-order valence-corrected chi connectivity index (χ4v) is 2.12. The number of amides is 1. The Morgan fingerprint density at radius 1 is 1.50 bits per heavy atom. The summed E-state index contributed by atoms with van der Waals surface area (Å²) in [6.07, 6.45) is 5.38. The normalized spacial score (nSPS) is 23.0. The highest BCUT2D eigenvalue weighted by atomic mass is 16.5. The Morgan fingerprint density at radius 2 is 2.33 bits per heavy atom. The van der Waals surface area contributed by atoms with Crippen molar-refractivity contribution in [2.45, 2.75) is 51.7 Å². The van der Waals surface area contributed by atoms with Crippen LogP contribution in [0, 0.1) is 0 Å². The van der Waals surface area contributed by atoms with Crippen molar-refractivity contribution in [3.05, 3.63) is 24.0 Å². The van der Waals surface area contributed by atoms with Gasteiger partial charge in [0.15, 0.2) is 0 Å². The summed E-state index contributed by atoms with van der Waals surface area (Å²) in [6.45, 7) is 4.12. The third-order valence-corrected chi connectivity index (χ3v) is 3.12. The summed E-state index contributed by atoms with van der Waals surface area (Å²) in [4.78, 5) is 16.2. The highest BCUT2D eigenvalue weighted by Gasteiger charge is 2.28. The average Bonchev–Trinajstić information content (AvgIpc) is 2.79. The molecule has 1 amide bonds. The van der Waals surface area contributed by atoms with Crippen molar-refractivity contribution in [2.75, 3.05) is 5.32 Å². The van der Waals surface area contributed by atoms with E-state index < -0.39 is 0 Å². The zero-order valence-electron chi connectivity index (χ0n) is 11.0. The quantitative estimate of drug-likeness (QED) is 0.890. The topological polar surface area (TPSA) is 51.2 Å². The lowest BCUT2D eigenvalue weighted by molar-refractivity contribution is -0.126. The third-order valence-electron chi connectivity index (χ3n) is 3.12. The SMILES string of the molecule is CCCc1ccc(NC(=O)C2CCC(C)O2)cn1. The van der Waals surface area contributed by atoms with Gasteiger partial charge in [0.2, 0.25) is 0 Å². The van der Waals surface area contributed by atoms with E-state index in [2.05, 4.69) is 17.2 Å². The van der Waals surface area contributed by atoms with Gasteiger partial charge in [-0.1, -0.05) is 13.3 Å². The number of carbonyl (C=O) groups excluding carboxylic acids is 1. The second-order valence-electron chi connectivity index (χ2n) is 4.79. The van der Waals surface area contributed by atoms with Crippen molar-refractivity contribution in [3.63, 3.8) is 0 Å². The smallest absolute Gasteiger partial charge is 0.253 e. The first-order chi connectivity index (χ1) is 8.69. The number of aryl methyl sites for hydroxylation is 1. The van der Waals surface area contributed by atoms with Gasteiger partial charge in [0.25, 0.3) is 5.91 Å². The Bertz CT molecular complexity index is 403. The van der Waals surface area contributed by atoms with E-state index in [0.717, 1.165) is 37.1 Å². The predicted octanol–water partition coefficient (Wildman–Crippen LogP) is 2.54. The van der Waals surface area contributed by atoms with Gasteiger partial charge in [0.05, 0.1) is 18.0 Å². The molecule has 0 saturated carbocycles. The van der Waals surface area contributed by atoms with Crippen LogP contribution in [0.4, 0.5) is 5.69 Å². The Labute approximate surface area is 108 Å². The van der Waals surface area contributed by atoms with Gasteiger partial charge in [-0.25, -0.2) is 0 Å². The first kappa shape index (κ1) is 13.0. The van der Waals surface area contributed by atoms with Crippen molar-refractivity contribution < 1.29 is 9.53 Å². The van der Waals surface area contributed by atoms with Gasteiger partial charge in [-0.3, -0.25) is 9.78 Å². The van der Waals surface area contributed by atoms with Crippen LogP contribution in [0.25, 0.3) is 0 Å². The van der Waals surface area contributed by atoms with E-state index in [0.29, 0.717) is 0 Å². The highest BCUT2D eigenvalue weighted by Crippen LogP contribution is 2.20. The Hall–Kier alpha value is -1.42. The van der Waals surface area contributed by atoms with Gasteiger partial charge in [-0.2, -0.15) is 0 Å². The molecule has 98 valence electrons.